The molecule has 1 N–H and O–H groups in total. The molecule has 0 aliphatic carbocycles. The van der Waals surface area contributed by atoms with Gasteiger partial charge in [-0.3, -0.25) is 13.9 Å². The molecular formula is C22H17ClF3N9O2. The Morgan fingerprint density at radius 2 is 1.68 bits per heavy atom. The molecule has 5 rings (SSSR count). The van der Waals surface area contributed by atoms with Crippen LogP contribution in [0.2, 0.25) is 5.02 Å². The third kappa shape index (κ3) is 4.70. The number of hydrogen-bond acceptors (Lipinski definition) is 7. The molecule has 3 heterocycles. The summed E-state index contributed by atoms with van der Waals surface area (Å²) in [6, 6.07) is 4.21. The number of nitrogens with one attached hydrogen (secondary N) is 1. The molecule has 0 saturated carbocycles. The van der Waals surface area contributed by atoms with Gasteiger partial charge >= 0.3 is 11.4 Å². The summed E-state index contributed by atoms with van der Waals surface area (Å²) >= 11 is 6.38. The molecule has 190 valence electrons. The molecule has 0 bridgehead atoms. The highest BCUT2D eigenvalue weighted by Crippen LogP contribution is 2.29. The number of halogens is 4. The van der Waals surface area contributed by atoms with E-state index in [4.69, 9.17) is 11.6 Å². The zero-order chi connectivity index (χ0) is 26.4. The molecule has 0 aliphatic rings. The van der Waals surface area contributed by atoms with Gasteiger partial charge in [-0.05, 0) is 18.2 Å². The number of hydrogen-bond donors (Lipinski definition) is 1. The molecule has 0 radical (unpaired) electrons. The number of fused-ring (bicyclic) bond motifs is 1. The van der Waals surface area contributed by atoms with Crippen molar-refractivity contribution in [3.05, 3.63) is 91.4 Å². The van der Waals surface area contributed by atoms with E-state index in [1.807, 2.05) is 0 Å². The average Bonchev–Trinajstić information content (AvgIpc) is 3.40. The molecule has 0 saturated heterocycles. The molecule has 37 heavy (non-hydrogen) atoms. The number of benzene rings is 2. The van der Waals surface area contributed by atoms with Crippen molar-refractivity contribution in [3.8, 4) is 0 Å². The maximum Gasteiger partial charge on any atom is 0.355 e. The third-order valence-corrected chi connectivity index (χ3v) is 5.80. The van der Waals surface area contributed by atoms with E-state index in [0.29, 0.717) is 28.7 Å². The van der Waals surface area contributed by atoms with Gasteiger partial charge in [-0.25, -0.2) is 27.3 Å². The second-order valence-electron chi connectivity index (χ2n) is 8.23. The summed E-state index contributed by atoms with van der Waals surface area (Å²) in [6.07, 6.45) is 3.23. The Morgan fingerprint density at radius 3 is 2.41 bits per heavy atom. The van der Waals surface area contributed by atoms with Crippen LogP contribution in [0.25, 0.3) is 10.9 Å². The topological polar surface area (TPSA) is 117 Å². The van der Waals surface area contributed by atoms with Gasteiger partial charge in [-0.1, -0.05) is 16.8 Å². The van der Waals surface area contributed by atoms with Crippen LogP contribution in [0.4, 0.5) is 24.8 Å². The van der Waals surface area contributed by atoms with E-state index >= 15 is 0 Å². The number of rotatable bonds is 6. The lowest BCUT2D eigenvalue weighted by atomic mass is 10.2. The van der Waals surface area contributed by atoms with Crippen LogP contribution in [0.1, 0.15) is 11.3 Å². The lowest BCUT2D eigenvalue weighted by Crippen LogP contribution is -2.43. The summed E-state index contributed by atoms with van der Waals surface area (Å²) in [5, 5.41) is 15.6. The van der Waals surface area contributed by atoms with E-state index in [1.54, 1.807) is 37.1 Å². The molecule has 0 atom stereocenters. The normalized spacial score (nSPS) is 11.4. The first-order valence-electron chi connectivity index (χ1n) is 10.7. The summed E-state index contributed by atoms with van der Waals surface area (Å²) in [6.45, 7) is -0.855. The maximum atomic E-state index is 14.5. The molecule has 0 fully saturated rings. The average molecular weight is 532 g/mol. The number of aromatic nitrogens is 8. The molecule has 0 amide bonds. The predicted molar refractivity (Wildman–Crippen MR) is 127 cm³/mol. The molecule has 15 heteroatoms. The van der Waals surface area contributed by atoms with Crippen LogP contribution in [0.15, 0.2) is 46.2 Å². The van der Waals surface area contributed by atoms with Crippen LogP contribution in [-0.4, -0.2) is 38.9 Å². The fourth-order valence-corrected chi connectivity index (χ4v) is 3.98. The Hall–Kier alpha value is -4.46. The molecule has 5 aromatic rings. The van der Waals surface area contributed by atoms with Gasteiger partial charge in [0.05, 0.1) is 29.3 Å². The van der Waals surface area contributed by atoms with E-state index in [1.165, 1.54) is 10.9 Å². The largest absolute Gasteiger partial charge is 0.355 e. The number of anilines is 2. The smallest absolute Gasteiger partial charge is 0.324 e. The van der Waals surface area contributed by atoms with Crippen molar-refractivity contribution < 1.29 is 13.2 Å². The Morgan fingerprint density at radius 1 is 0.919 bits per heavy atom. The first-order valence-corrected chi connectivity index (χ1v) is 11.1. The molecule has 3 aromatic heterocycles. The second-order valence-corrected chi connectivity index (χ2v) is 8.64. The first-order chi connectivity index (χ1) is 17.6. The minimum atomic E-state index is -1.38. The van der Waals surface area contributed by atoms with Crippen LogP contribution in [0.3, 0.4) is 0 Å². The van der Waals surface area contributed by atoms with Crippen LogP contribution in [0, 0.1) is 17.5 Å². The van der Waals surface area contributed by atoms with Crippen molar-refractivity contribution in [3.63, 3.8) is 0 Å². The Bertz CT molecular complexity index is 1790. The van der Waals surface area contributed by atoms with Gasteiger partial charge in [0.15, 0.2) is 11.6 Å². The standard InChI is InChI=1S/C22H17ClF3N9O2/c1-32-7-12-4-19(14(23)5-18(12)30-32)27-20-28-21(36)35(10-13-9-33(2)31-29-13)22(37)34(20)8-11-3-16(25)17(26)6-15(11)24/h3-7,9H,8,10H2,1-2H3,(H,27,28,36). The fraction of sp³-hybridized carbons (Fsp3) is 0.182. The Balaban J connectivity index is 1.64. The highest BCUT2D eigenvalue weighted by atomic mass is 35.5. The van der Waals surface area contributed by atoms with E-state index in [0.717, 1.165) is 9.13 Å². The summed E-state index contributed by atoms with van der Waals surface area (Å²) < 4.78 is 46.5. The maximum absolute atomic E-state index is 14.5. The molecule has 0 unspecified atom stereocenters. The summed E-state index contributed by atoms with van der Waals surface area (Å²) in [5.41, 5.74) is -1.01. The Labute approximate surface area is 210 Å². The predicted octanol–water partition coefficient (Wildman–Crippen LogP) is 2.33. The van der Waals surface area contributed by atoms with Crippen molar-refractivity contribution in [2.45, 2.75) is 13.1 Å². The van der Waals surface area contributed by atoms with Crippen LogP contribution < -0.4 is 16.7 Å². The van der Waals surface area contributed by atoms with Crippen molar-refractivity contribution in [2.24, 2.45) is 14.1 Å². The molecule has 0 spiro atoms. The second kappa shape index (κ2) is 9.20. The highest BCUT2D eigenvalue weighted by molar-refractivity contribution is 6.34. The molecular weight excluding hydrogens is 515 g/mol. The van der Waals surface area contributed by atoms with Gasteiger partial charge in [0.2, 0.25) is 5.95 Å². The zero-order valence-electron chi connectivity index (χ0n) is 19.3. The van der Waals surface area contributed by atoms with Gasteiger partial charge in [0, 0.05) is 43.5 Å². The van der Waals surface area contributed by atoms with Crippen LogP contribution in [0.5, 0.6) is 0 Å². The van der Waals surface area contributed by atoms with Crippen LogP contribution >= 0.6 is 11.6 Å². The highest BCUT2D eigenvalue weighted by Gasteiger charge is 2.19. The lowest BCUT2D eigenvalue weighted by molar-refractivity contribution is 0.485. The quantitative estimate of drug-likeness (QED) is 0.334. The van der Waals surface area contributed by atoms with Gasteiger partial charge in [0.25, 0.3) is 0 Å². The van der Waals surface area contributed by atoms with E-state index in [-0.39, 0.29) is 28.8 Å². The monoisotopic (exact) mass is 531 g/mol. The summed E-state index contributed by atoms with van der Waals surface area (Å²) in [5.74, 6) is -4.06. The third-order valence-electron chi connectivity index (χ3n) is 5.49. The van der Waals surface area contributed by atoms with E-state index < -0.39 is 35.4 Å². The fourth-order valence-electron chi connectivity index (χ4n) is 3.77. The molecule has 11 nitrogen and oxygen atoms in total. The minimum Gasteiger partial charge on any atom is -0.324 e. The first kappa shape index (κ1) is 24.2. The lowest BCUT2D eigenvalue weighted by Gasteiger charge is -2.16. The van der Waals surface area contributed by atoms with Gasteiger partial charge in [0.1, 0.15) is 11.5 Å². The summed E-state index contributed by atoms with van der Waals surface area (Å²) in [4.78, 5) is 30.2. The van der Waals surface area contributed by atoms with E-state index in [9.17, 15) is 22.8 Å². The SMILES string of the molecule is Cn1cc(Cn2c(=O)nc(Nc3cc4cn(C)nc4cc3Cl)n(Cc3cc(F)c(F)cc3F)c2=O)nn1. The molecule has 0 aliphatic heterocycles. The Kier molecular flexibility index (Phi) is 6.03. The van der Waals surface area contributed by atoms with Crippen molar-refractivity contribution in [2.75, 3.05) is 5.32 Å². The number of aryl methyl sites for hydroxylation is 2. The van der Waals surface area contributed by atoms with Gasteiger partial charge < -0.3 is 5.32 Å². The van der Waals surface area contributed by atoms with Crippen LogP contribution in [-0.2, 0) is 27.2 Å². The zero-order valence-corrected chi connectivity index (χ0v) is 20.0. The van der Waals surface area contributed by atoms with Gasteiger partial charge in [-0.15, -0.1) is 5.10 Å². The molecule has 2 aromatic carbocycles. The van der Waals surface area contributed by atoms with Crippen molar-refractivity contribution >= 4 is 34.1 Å². The van der Waals surface area contributed by atoms with Gasteiger partial charge in [-0.2, -0.15) is 10.1 Å². The summed E-state index contributed by atoms with van der Waals surface area (Å²) in [7, 11) is 3.34. The van der Waals surface area contributed by atoms with Crippen molar-refractivity contribution in [1.29, 1.82) is 0 Å². The minimum absolute atomic E-state index is 0.203. The van der Waals surface area contributed by atoms with E-state index in [2.05, 4.69) is 25.7 Å². The van der Waals surface area contributed by atoms with Crippen molar-refractivity contribution in [1.82, 2.24) is 38.9 Å². The number of nitrogens with zero attached hydrogens (tertiary/aromatic N) is 8.